The number of nitrogens with two attached hydrogens (primary N) is 2. The van der Waals surface area contributed by atoms with Crippen molar-refractivity contribution in [2.45, 2.75) is 58.2 Å². The molecule has 154 valence electrons. The molecule has 8 N–H and O–H groups in total. The van der Waals surface area contributed by atoms with Gasteiger partial charge in [0.15, 0.2) is 0 Å². The Morgan fingerprint density at radius 3 is 2.07 bits per heavy atom. The number of carbonyl (C=O) groups excluding carboxylic acids is 4. The molecule has 0 fully saturated rings. The van der Waals surface area contributed by atoms with Crippen molar-refractivity contribution in [3.63, 3.8) is 0 Å². The van der Waals surface area contributed by atoms with Crippen LogP contribution < -0.4 is 27.4 Å². The van der Waals surface area contributed by atoms with Crippen LogP contribution in [-0.2, 0) is 24.0 Å². The van der Waals surface area contributed by atoms with Gasteiger partial charge in [0.25, 0.3) is 0 Å². The standard InChI is InChI=1S/C16H29N5O6/c1-4-8(2)13(18)16(27)20-9(3)14(25)21-10(5-6-11(17)22)15(26)19-7-12(23)24/h8-10,13H,4-7,18H2,1-3H3,(H2,17,22)(H,19,26)(H,20,27)(H,21,25)(H,23,24). The second kappa shape index (κ2) is 11.8. The Bertz CT molecular complexity index is 568. The third-order valence-corrected chi connectivity index (χ3v) is 4.04. The fourth-order valence-electron chi connectivity index (χ4n) is 2.03. The predicted octanol–water partition coefficient (Wildman–Crippen LogP) is -2.18. The Kier molecular flexibility index (Phi) is 10.7. The van der Waals surface area contributed by atoms with E-state index in [1.165, 1.54) is 6.92 Å². The molecule has 0 heterocycles. The van der Waals surface area contributed by atoms with Crippen molar-refractivity contribution in [2.24, 2.45) is 17.4 Å². The van der Waals surface area contributed by atoms with E-state index in [0.717, 1.165) is 0 Å². The van der Waals surface area contributed by atoms with E-state index in [2.05, 4.69) is 16.0 Å². The van der Waals surface area contributed by atoms with Crippen LogP contribution in [0, 0.1) is 5.92 Å². The van der Waals surface area contributed by atoms with Crippen molar-refractivity contribution in [1.82, 2.24) is 16.0 Å². The summed E-state index contributed by atoms with van der Waals surface area (Å²) >= 11 is 0. The first-order valence-electron chi connectivity index (χ1n) is 8.63. The molecule has 4 atom stereocenters. The fourth-order valence-corrected chi connectivity index (χ4v) is 2.03. The molecule has 4 unspecified atom stereocenters. The van der Waals surface area contributed by atoms with Gasteiger partial charge < -0.3 is 32.5 Å². The molecule has 0 bridgehead atoms. The zero-order valence-corrected chi connectivity index (χ0v) is 15.8. The number of carboxylic acids is 1. The minimum atomic E-state index is -1.26. The predicted molar refractivity (Wildman–Crippen MR) is 96.0 cm³/mol. The monoisotopic (exact) mass is 387 g/mol. The lowest BCUT2D eigenvalue weighted by Crippen LogP contribution is -2.55. The maximum atomic E-state index is 12.3. The lowest BCUT2D eigenvalue weighted by atomic mass is 9.99. The first-order chi connectivity index (χ1) is 12.5. The van der Waals surface area contributed by atoms with Crippen LogP contribution in [0.25, 0.3) is 0 Å². The van der Waals surface area contributed by atoms with E-state index in [1.807, 2.05) is 13.8 Å². The van der Waals surface area contributed by atoms with Gasteiger partial charge in [-0.15, -0.1) is 0 Å². The van der Waals surface area contributed by atoms with Gasteiger partial charge in [0.2, 0.25) is 23.6 Å². The van der Waals surface area contributed by atoms with Crippen LogP contribution in [0.5, 0.6) is 0 Å². The van der Waals surface area contributed by atoms with E-state index in [1.54, 1.807) is 0 Å². The quantitative estimate of drug-likeness (QED) is 0.219. The molecule has 0 rings (SSSR count). The minimum Gasteiger partial charge on any atom is -0.480 e. The highest BCUT2D eigenvalue weighted by Crippen LogP contribution is 2.05. The van der Waals surface area contributed by atoms with E-state index in [-0.39, 0.29) is 18.8 Å². The van der Waals surface area contributed by atoms with Gasteiger partial charge >= 0.3 is 5.97 Å². The van der Waals surface area contributed by atoms with Crippen molar-refractivity contribution < 1.29 is 29.1 Å². The fraction of sp³-hybridized carbons (Fsp3) is 0.688. The largest absolute Gasteiger partial charge is 0.480 e. The molecule has 0 aromatic rings. The van der Waals surface area contributed by atoms with Gasteiger partial charge in [0, 0.05) is 6.42 Å². The molecule has 11 nitrogen and oxygen atoms in total. The summed E-state index contributed by atoms with van der Waals surface area (Å²) in [7, 11) is 0. The normalized spacial score (nSPS) is 15.0. The van der Waals surface area contributed by atoms with Crippen molar-refractivity contribution in [3.8, 4) is 0 Å². The van der Waals surface area contributed by atoms with Gasteiger partial charge in [-0.05, 0) is 19.3 Å². The smallest absolute Gasteiger partial charge is 0.322 e. The van der Waals surface area contributed by atoms with Crippen molar-refractivity contribution in [3.05, 3.63) is 0 Å². The zero-order chi connectivity index (χ0) is 21.1. The van der Waals surface area contributed by atoms with Crippen LogP contribution in [-0.4, -0.2) is 59.4 Å². The maximum Gasteiger partial charge on any atom is 0.322 e. The summed E-state index contributed by atoms with van der Waals surface area (Å²) in [6.45, 7) is 4.46. The molecule has 0 saturated carbocycles. The molecular weight excluding hydrogens is 358 g/mol. The average Bonchev–Trinajstić information content (AvgIpc) is 2.60. The summed E-state index contributed by atoms with van der Waals surface area (Å²) in [5.41, 5.74) is 10.8. The van der Waals surface area contributed by atoms with Gasteiger partial charge in [0.1, 0.15) is 18.6 Å². The molecule has 0 spiro atoms. The molecule has 0 aliphatic rings. The third kappa shape index (κ3) is 9.54. The Morgan fingerprint density at radius 2 is 1.59 bits per heavy atom. The molecule has 4 amide bonds. The zero-order valence-electron chi connectivity index (χ0n) is 15.8. The SMILES string of the molecule is CCC(C)C(N)C(=O)NC(C)C(=O)NC(CCC(N)=O)C(=O)NCC(=O)O. The van der Waals surface area contributed by atoms with Crippen molar-refractivity contribution >= 4 is 29.6 Å². The molecule has 0 aromatic heterocycles. The lowest BCUT2D eigenvalue weighted by molar-refractivity contribution is -0.138. The minimum absolute atomic E-state index is 0.0784. The Labute approximate surface area is 157 Å². The maximum absolute atomic E-state index is 12.3. The molecule has 0 saturated heterocycles. The van der Waals surface area contributed by atoms with Crippen LogP contribution in [0.1, 0.15) is 40.0 Å². The number of primary amides is 1. The van der Waals surface area contributed by atoms with Gasteiger partial charge in [0.05, 0.1) is 6.04 Å². The number of hydrogen-bond acceptors (Lipinski definition) is 6. The number of amides is 4. The van der Waals surface area contributed by atoms with Crippen molar-refractivity contribution in [1.29, 1.82) is 0 Å². The number of carboxylic acid groups (broad SMARTS) is 1. The third-order valence-electron chi connectivity index (χ3n) is 4.04. The van der Waals surface area contributed by atoms with E-state index in [4.69, 9.17) is 16.6 Å². The Morgan fingerprint density at radius 1 is 1.00 bits per heavy atom. The van der Waals surface area contributed by atoms with E-state index in [9.17, 15) is 24.0 Å². The number of aliphatic carboxylic acids is 1. The van der Waals surface area contributed by atoms with Crippen LogP contribution in [0.2, 0.25) is 0 Å². The van der Waals surface area contributed by atoms with Crippen LogP contribution in [0.4, 0.5) is 0 Å². The van der Waals surface area contributed by atoms with Crippen molar-refractivity contribution in [2.75, 3.05) is 6.54 Å². The number of hydrogen-bond donors (Lipinski definition) is 6. The highest BCUT2D eigenvalue weighted by molar-refractivity contribution is 5.93. The average molecular weight is 387 g/mol. The summed E-state index contributed by atoms with van der Waals surface area (Å²) in [6.07, 6.45) is 0.388. The lowest BCUT2D eigenvalue weighted by Gasteiger charge is -2.23. The number of rotatable bonds is 12. The molecule has 11 heteroatoms. The van der Waals surface area contributed by atoms with Gasteiger partial charge in [-0.3, -0.25) is 24.0 Å². The molecule has 27 heavy (non-hydrogen) atoms. The first kappa shape index (κ1) is 24.3. The van der Waals surface area contributed by atoms with Crippen LogP contribution in [0.3, 0.4) is 0 Å². The molecule has 0 aliphatic heterocycles. The van der Waals surface area contributed by atoms with Crippen LogP contribution in [0.15, 0.2) is 0 Å². The highest BCUT2D eigenvalue weighted by Gasteiger charge is 2.27. The van der Waals surface area contributed by atoms with E-state index >= 15 is 0 Å². The van der Waals surface area contributed by atoms with Crippen LogP contribution >= 0.6 is 0 Å². The molecular formula is C16H29N5O6. The van der Waals surface area contributed by atoms with E-state index < -0.39 is 54.3 Å². The Hall–Kier alpha value is -2.69. The summed E-state index contributed by atoms with van der Waals surface area (Å²) in [6, 6.07) is -2.95. The summed E-state index contributed by atoms with van der Waals surface area (Å²) in [5, 5.41) is 15.6. The first-order valence-corrected chi connectivity index (χ1v) is 8.63. The number of nitrogens with one attached hydrogen (secondary N) is 3. The Balaban J connectivity index is 4.88. The van der Waals surface area contributed by atoms with Gasteiger partial charge in [-0.2, -0.15) is 0 Å². The number of carbonyl (C=O) groups is 5. The summed E-state index contributed by atoms with van der Waals surface area (Å²) in [5.74, 6) is -3.98. The second-order valence-electron chi connectivity index (χ2n) is 6.32. The second-order valence-corrected chi connectivity index (χ2v) is 6.32. The summed E-state index contributed by atoms with van der Waals surface area (Å²) < 4.78 is 0. The molecule has 0 aliphatic carbocycles. The van der Waals surface area contributed by atoms with E-state index in [0.29, 0.717) is 6.42 Å². The van der Waals surface area contributed by atoms with Gasteiger partial charge in [-0.1, -0.05) is 20.3 Å². The topological polar surface area (TPSA) is 194 Å². The molecule has 0 aromatic carbocycles. The molecule has 0 radical (unpaired) electrons. The highest BCUT2D eigenvalue weighted by atomic mass is 16.4. The summed E-state index contributed by atoms with van der Waals surface area (Å²) in [4.78, 5) is 57.8. The van der Waals surface area contributed by atoms with Gasteiger partial charge in [-0.25, -0.2) is 0 Å².